The van der Waals surface area contributed by atoms with Gasteiger partial charge in [0.2, 0.25) is 0 Å². The second-order valence-corrected chi connectivity index (χ2v) is 12.1. The smallest absolute Gasteiger partial charge is 0.257 e. The van der Waals surface area contributed by atoms with Gasteiger partial charge < -0.3 is 14.5 Å². The zero-order valence-electron chi connectivity index (χ0n) is 21.9. The molecule has 0 saturated carbocycles. The van der Waals surface area contributed by atoms with E-state index < -0.39 is 12.1 Å². The second kappa shape index (κ2) is 12.1. The quantitative estimate of drug-likeness (QED) is 0.279. The number of aryl methyl sites for hydroxylation is 1. The summed E-state index contributed by atoms with van der Waals surface area (Å²) < 4.78 is 6.44. The maximum Gasteiger partial charge on any atom is 0.257 e. The van der Waals surface area contributed by atoms with E-state index in [2.05, 4.69) is 27.5 Å². The first-order valence-corrected chi connectivity index (χ1v) is 14.8. The molecule has 2 amide bonds. The second-order valence-electron chi connectivity index (χ2n) is 9.95. The Morgan fingerprint density at radius 1 is 0.949 bits per heavy atom. The Bertz CT molecular complexity index is 1380. The fraction of sp³-hybridized carbons (Fsp3) is 0.333. The number of benzene rings is 3. The lowest BCUT2D eigenvalue weighted by atomic mass is 9.96. The minimum Gasteiger partial charge on any atom is -0.379 e. The van der Waals surface area contributed by atoms with Crippen LogP contribution in [-0.4, -0.2) is 61.0 Å². The third-order valence-corrected chi connectivity index (χ3v) is 8.68. The number of carbonyl (C=O) groups excluding carboxylic acids is 2. The Balaban J connectivity index is 1.64. The number of anilines is 1. The Morgan fingerprint density at radius 3 is 2.33 bits per heavy atom. The van der Waals surface area contributed by atoms with E-state index in [-0.39, 0.29) is 11.8 Å². The van der Waals surface area contributed by atoms with E-state index in [1.165, 1.54) is 0 Å². The first kappa shape index (κ1) is 28.4. The maximum atomic E-state index is 14.6. The number of morpholine rings is 1. The maximum absolute atomic E-state index is 14.6. The normalized spacial score (nSPS) is 19.2. The molecule has 6 nitrogen and oxygen atoms in total. The molecule has 9 heteroatoms. The number of fused-ring (bicyclic) bond motifs is 1. The summed E-state index contributed by atoms with van der Waals surface area (Å²) in [7, 11) is 0. The molecule has 204 valence electrons. The molecule has 0 aliphatic carbocycles. The van der Waals surface area contributed by atoms with E-state index in [1.54, 1.807) is 21.9 Å². The number of amides is 2. The summed E-state index contributed by atoms with van der Waals surface area (Å²) >= 11 is 14.7. The van der Waals surface area contributed by atoms with Crippen LogP contribution in [0.15, 0.2) is 60.7 Å². The van der Waals surface area contributed by atoms with Crippen molar-refractivity contribution in [1.82, 2.24) is 9.80 Å². The molecule has 0 bridgehead atoms. The van der Waals surface area contributed by atoms with Gasteiger partial charge >= 0.3 is 0 Å². The van der Waals surface area contributed by atoms with Crippen molar-refractivity contribution in [2.24, 2.45) is 0 Å². The van der Waals surface area contributed by atoms with Gasteiger partial charge in [-0.3, -0.25) is 14.5 Å². The van der Waals surface area contributed by atoms with Gasteiger partial charge in [-0.05, 0) is 95.6 Å². The van der Waals surface area contributed by atoms with Crippen molar-refractivity contribution in [2.45, 2.75) is 25.9 Å². The largest absolute Gasteiger partial charge is 0.379 e. The van der Waals surface area contributed by atoms with E-state index in [9.17, 15) is 9.59 Å². The van der Waals surface area contributed by atoms with Crippen molar-refractivity contribution in [2.75, 3.05) is 44.3 Å². The molecule has 5 rings (SSSR count). The van der Waals surface area contributed by atoms with Crippen LogP contribution in [-0.2, 0) is 9.53 Å². The topological polar surface area (TPSA) is 53.1 Å². The highest BCUT2D eigenvalue weighted by atomic mass is 127. The van der Waals surface area contributed by atoms with Crippen molar-refractivity contribution in [1.29, 1.82) is 0 Å². The lowest BCUT2D eigenvalue weighted by Gasteiger charge is -2.37. The molecule has 3 aromatic carbocycles. The van der Waals surface area contributed by atoms with Gasteiger partial charge in [0.15, 0.2) is 0 Å². The van der Waals surface area contributed by atoms with Crippen molar-refractivity contribution in [3.63, 3.8) is 0 Å². The summed E-state index contributed by atoms with van der Waals surface area (Å²) in [6.45, 7) is 8.10. The monoisotopic (exact) mass is 677 g/mol. The lowest BCUT2D eigenvalue weighted by Crippen LogP contribution is -2.47. The Morgan fingerprint density at radius 2 is 1.64 bits per heavy atom. The van der Waals surface area contributed by atoms with Crippen LogP contribution in [0.5, 0.6) is 0 Å². The van der Waals surface area contributed by atoms with Gasteiger partial charge in [0.25, 0.3) is 11.8 Å². The number of halogens is 3. The number of ether oxygens (including phenoxy) is 1. The minimum absolute atomic E-state index is 0.141. The number of hydrogen-bond acceptors (Lipinski definition) is 4. The van der Waals surface area contributed by atoms with Gasteiger partial charge in [0, 0.05) is 39.8 Å². The van der Waals surface area contributed by atoms with Crippen LogP contribution in [0.2, 0.25) is 10.0 Å². The van der Waals surface area contributed by atoms with Crippen LogP contribution in [0.3, 0.4) is 0 Å². The van der Waals surface area contributed by atoms with E-state index >= 15 is 0 Å². The van der Waals surface area contributed by atoms with Crippen molar-refractivity contribution in [3.05, 3.63) is 96.5 Å². The van der Waals surface area contributed by atoms with Crippen molar-refractivity contribution >= 4 is 63.3 Å². The van der Waals surface area contributed by atoms with E-state index in [4.69, 9.17) is 27.9 Å². The first-order valence-electron chi connectivity index (χ1n) is 13.0. The molecule has 0 N–H and O–H groups in total. The zero-order chi connectivity index (χ0) is 27.7. The Labute approximate surface area is 252 Å². The zero-order valence-corrected chi connectivity index (χ0v) is 25.5. The molecule has 1 fully saturated rings. The molecule has 2 heterocycles. The lowest BCUT2D eigenvalue weighted by molar-refractivity contribution is -0.123. The summed E-state index contributed by atoms with van der Waals surface area (Å²) in [5.41, 5.74) is 3.78. The number of nitrogens with zero attached hydrogens (tertiary/aromatic N) is 3. The molecular weight excluding hydrogens is 648 g/mol. The molecule has 39 heavy (non-hydrogen) atoms. The third kappa shape index (κ3) is 5.98. The summed E-state index contributed by atoms with van der Waals surface area (Å²) in [6.07, 6.45) is 0. The summed E-state index contributed by atoms with van der Waals surface area (Å²) in [5.74, 6) is -0.329. The molecule has 1 saturated heterocycles. The third-order valence-electron chi connectivity index (χ3n) is 7.52. The molecule has 0 aromatic heterocycles. The summed E-state index contributed by atoms with van der Waals surface area (Å²) in [6, 6.07) is 17.4. The predicted octanol–water partition coefficient (Wildman–Crippen LogP) is 6.53. The SMILES string of the molecule is Cc1cc(Cl)ccc1[C@@H](C)N1C(=O)c2cc(I)ccc2N(CCN2CCOCC2)C(=O)[C@H]1c1ccc(Cl)cc1. The van der Waals surface area contributed by atoms with Gasteiger partial charge in [-0.15, -0.1) is 0 Å². The molecule has 2 aliphatic heterocycles. The van der Waals surface area contributed by atoms with E-state index in [1.807, 2.05) is 62.4 Å². The van der Waals surface area contributed by atoms with Crippen LogP contribution >= 0.6 is 45.8 Å². The summed E-state index contributed by atoms with van der Waals surface area (Å²) in [5, 5.41) is 1.20. The molecule has 0 unspecified atom stereocenters. The summed E-state index contributed by atoms with van der Waals surface area (Å²) in [4.78, 5) is 34.9. The van der Waals surface area contributed by atoms with Crippen molar-refractivity contribution in [3.8, 4) is 0 Å². The molecule has 0 spiro atoms. The van der Waals surface area contributed by atoms with Crippen LogP contribution < -0.4 is 4.90 Å². The molecule has 3 aromatic rings. The Hall–Kier alpha value is -2.17. The molecule has 2 atom stereocenters. The highest BCUT2D eigenvalue weighted by molar-refractivity contribution is 14.1. The number of hydrogen-bond donors (Lipinski definition) is 0. The van der Waals surface area contributed by atoms with E-state index in [0.717, 1.165) is 33.4 Å². The number of rotatable bonds is 6. The fourth-order valence-electron chi connectivity index (χ4n) is 5.46. The van der Waals surface area contributed by atoms with Crippen LogP contribution in [0.1, 0.15) is 46.1 Å². The molecular formula is C30H30Cl2IN3O3. The van der Waals surface area contributed by atoms with Gasteiger partial charge in [-0.25, -0.2) is 0 Å². The molecule has 2 aliphatic rings. The van der Waals surface area contributed by atoms with Gasteiger partial charge in [0.05, 0.1) is 30.5 Å². The van der Waals surface area contributed by atoms with Crippen LogP contribution in [0, 0.1) is 10.5 Å². The van der Waals surface area contributed by atoms with E-state index in [0.29, 0.717) is 47.6 Å². The van der Waals surface area contributed by atoms with Gasteiger partial charge in [-0.2, -0.15) is 0 Å². The fourth-order valence-corrected chi connectivity index (χ4v) is 6.30. The average Bonchev–Trinajstić information content (AvgIpc) is 3.01. The highest BCUT2D eigenvalue weighted by Crippen LogP contribution is 2.41. The predicted molar refractivity (Wildman–Crippen MR) is 164 cm³/mol. The van der Waals surface area contributed by atoms with Crippen LogP contribution in [0.4, 0.5) is 5.69 Å². The minimum atomic E-state index is -0.838. The molecule has 0 radical (unpaired) electrons. The highest BCUT2D eigenvalue weighted by Gasteiger charge is 2.43. The standard InChI is InChI=1S/C30H30Cl2IN3O3/c1-19-17-23(32)7-9-25(19)20(2)36-28(21-3-5-22(31)6-4-21)30(38)35(12-11-34-13-15-39-16-14-34)27-10-8-24(33)18-26(27)29(36)37/h3-10,17-18,20,28H,11-16H2,1-2H3/t20-,28-/m1/s1. The Kier molecular flexibility index (Phi) is 8.83. The first-order chi connectivity index (χ1) is 18.7. The average molecular weight is 678 g/mol. The van der Waals surface area contributed by atoms with Crippen molar-refractivity contribution < 1.29 is 14.3 Å². The van der Waals surface area contributed by atoms with Gasteiger partial charge in [-0.1, -0.05) is 41.4 Å². The number of carbonyl (C=O) groups is 2. The van der Waals surface area contributed by atoms with Crippen LogP contribution in [0.25, 0.3) is 0 Å². The van der Waals surface area contributed by atoms with Gasteiger partial charge in [0.1, 0.15) is 6.04 Å².